The highest BCUT2D eigenvalue weighted by Gasteiger charge is 2.33. The number of carbonyl (C=O) groups is 1. The van der Waals surface area contributed by atoms with Gasteiger partial charge in [0.15, 0.2) is 0 Å². The Balaban J connectivity index is 2.21. The molecule has 1 aliphatic rings. The number of nitrogens with zero attached hydrogens (tertiary/aromatic N) is 2. The van der Waals surface area contributed by atoms with E-state index in [4.69, 9.17) is 16.3 Å². The first kappa shape index (κ1) is 16.0. The van der Waals surface area contributed by atoms with E-state index in [2.05, 4.69) is 10.3 Å². The molecule has 0 spiro atoms. The molecular formula is C15H22ClN3O2. The van der Waals surface area contributed by atoms with Gasteiger partial charge in [0.2, 0.25) is 0 Å². The topological polar surface area (TPSA) is 54.5 Å². The van der Waals surface area contributed by atoms with Gasteiger partial charge in [-0.2, -0.15) is 0 Å². The first-order valence-corrected chi connectivity index (χ1v) is 7.61. The highest BCUT2D eigenvalue weighted by Crippen LogP contribution is 2.27. The van der Waals surface area contributed by atoms with Crippen molar-refractivity contribution < 1.29 is 9.53 Å². The van der Waals surface area contributed by atoms with Crippen LogP contribution in [0.5, 0.6) is 0 Å². The summed E-state index contributed by atoms with van der Waals surface area (Å²) >= 11 is 6.15. The summed E-state index contributed by atoms with van der Waals surface area (Å²) in [5.74, 6) is 0.598. The van der Waals surface area contributed by atoms with E-state index >= 15 is 0 Å². The van der Waals surface area contributed by atoms with Crippen LogP contribution >= 0.6 is 11.6 Å². The molecule has 1 aromatic heterocycles. The standard InChI is InChI=1S/C15H22ClN3O2/c1-4-17-13-8-11(12(16)9-18-13)14(20)19-7-5-6-15(2,10-19)21-3/h8-9H,4-7,10H2,1-3H3,(H,17,18). The van der Waals surface area contributed by atoms with E-state index in [9.17, 15) is 4.79 Å². The lowest BCUT2D eigenvalue weighted by atomic mass is 9.94. The molecule has 1 saturated heterocycles. The van der Waals surface area contributed by atoms with Crippen molar-refractivity contribution in [1.29, 1.82) is 0 Å². The highest BCUT2D eigenvalue weighted by atomic mass is 35.5. The van der Waals surface area contributed by atoms with Gasteiger partial charge in [-0.3, -0.25) is 4.79 Å². The van der Waals surface area contributed by atoms with E-state index in [1.54, 1.807) is 13.2 Å². The second kappa shape index (κ2) is 6.62. The Kier molecular flexibility index (Phi) is 5.06. The molecule has 2 heterocycles. The number of likely N-dealkylation sites (tertiary alicyclic amines) is 1. The van der Waals surface area contributed by atoms with Gasteiger partial charge < -0.3 is 15.0 Å². The number of aromatic nitrogens is 1. The quantitative estimate of drug-likeness (QED) is 0.929. The molecule has 21 heavy (non-hydrogen) atoms. The van der Waals surface area contributed by atoms with Crippen LogP contribution in [0.4, 0.5) is 5.82 Å². The maximum absolute atomic E-state index is 12.7. The number of halogens is 1. The van der Waals surface area contributed by atoms with Crippen molar-refractivity contribution >= 4 is 23.3 Å². The number of rotatable bonds is 4. The summed E-state index contributed by atoms with van der Waals surface area (Å²) in [5.41, 5.74) is 0.209. The van der Waals surface area contributed by atoms with Crippen molar-refractivity contribution in [1.82, 2.24) is 9.88 Å². The van der Waals surface area contributed by atoms with Gasteiger partial charge in [-0.1, -0.05) is 11.6 Å². The van der Waals surface area contributed by atoms with Crippen LogP contribution in [0.2, 0.25) is 5.02 Å². The van der Waals surface area contributed by atoms with E-state index in [0.717, 1.165) is 25.9 Å². The fourth-order valence-corrected chi connectivity index (χ4v) is 2.78. The van der Waals surface area contributed by atoms with Crippen molar-refractivity contribution in [2.24, 2.45) is 0 Å². The fourth-order valence-electron chi connectivity index (χ4n) is 2.60. The number of piperidine rings is 1. The van der Waals surface area contributed by atoms with Crippen molar-refractivity contribution in [3.05, 3.63) is 22.8 Å². The Morgan fingerprint density at radius 3 is 3.05 bits per heavy atom. The molecule has 1 fully saturated rings. The number of pyridine rings is 1. The number of methoxy groups -OCH3 is 1. The van der Waals surface area contributed by atoms with Crippen LogP contribution in [0, 0.1) is 0 Å². The zero-order valence-corrected chi connectivity index (χ0v) is 13.5. The number of carbonyl (C=O) groups excluding carboxylic acids is 1. The van der Waals surface area contributed by atoms with Crippen LogP contribution in [-0.4, -0.2) is 48.1 Å². The molecule has 1 aromatic rings. The summed E-state index contributed by atoms with van der Waals surface area (Å²) in [4.78, 5) is 18.7. The summed E-state index contributed by atoms with van der Waals surface area (Å²) in [5, 5.41) is 3.48. The number of nitrogens with one attached hydrogen (secondary N) is 1. The average Bonchev–Trinajstić information content (AvgIpc) is 2.49. The molecule has 0 radical (unpaired) electrons. The molecule has 0 aliphatic carbocycles. The molecule has 1 amide bonds. The lowest BCUT2D eigenvalue weighted by molar-refractivity contribution is -0.0440. The fraction of sp³-hybridized carbons (Fsp3) is 0.600. The van der Waals surface area contributed by atoms with Crippen molar-refractivity contribution in [3.8, 4) is 0 Å². The van der Waals surface area contributed by atoms with Gasteiger partial charge in [-0.25, -0.2) is 4.98 Å². The summed E-state index contributed by atoms with van der Waals surface area (Å²) < 4.78 is 5.54. The Morgan fingerprint density at radius 1 is 1.62 bits per heavy atom. The number of amides is 1. The number of anilines is 1. The zero-order chi connectivity index (χ0) is 15.5. The lowest BCUT2D eigenvalue weighted by Gasteiger charge is -2.39. The minimum Gasteiger partial charge on any atom is -0.377 e. The molecule has 1 aliphatic heterocycles. The number of hydrogen-bond acceptors (Lipinski definition) is 4. The third kappa shape index (κ3) is 3.66. The smallest absolute Gasteiger partial charge is 0.255 e. The predicted molar refractivity (Wildman–Crippen MR) is 84.0 cm³/mol. The second-order valence-electron chi connectivity index (χ2n) is 5.56. The Labute approximate surface area is 130 Å². The second-order valence-corrected chi connectivity index (χ2v) is 5.97. The molecule has 6 heteroatoms. The Bertz CT molecular complexity index is 524. The molecule has 1 atom stereocenters. The van der Waals surface area contributed by atoms with E-state index < -0.39 is 0 Å². The average molecular weight is 312 g/mol. The SMILES string of the molecule is CCNc1cc(C(=O)N2CCCC(C)(OC)C2)c(Cl)cn1. The first-order chi connectivity index (χ1) is 9.99. The monoisotopic (exact) mass is 311 g/mol. The maximum Gasteiger partial charge on any atom is 0.255 e. The summed E-state index contributed by atoms with van der Waals surface area (Å²) in [7, 11) is 1.69. The van der Waals surface area contributed by atoms with E-state index in [-0.39, 0.29) is 11.5 Å². The molecule has 0 aromatic carbocycles. The lowest BCUT2D eigenvalue weighted by Crippen LogP contribution is -2.49. The van der Waals surface area contributed by atoms with Crippen LogP contribution in [0.3, 0.4) is 0 Å². The van der Waals surface area contributed by atoms with Gasteiger partial charge in [-0.15, -0.1) is 0 Å². The largest absolute Gasteiger partial charge is 0.377 e. The van der Waals surface area contributed by atoms with Gasteiger partial charge in [-0.05, 0) is 32.8 Å². The van der Waals surface area contributed by atoms with Gasteiger partial charge in [0.1, 0.15) is 5.82 Å². The molecule has 5 nitrogen and oxygen atoms in total. The highest BCUT2D eigenvalue weighted by molar-refractivity contribution is 6.33. The molecule has 116 valence electrons. The van der Waals surface area contributed by atoms with Gasteiger partial charge in [0.25, 0.3) is 5.91 Å². The maximum atomic E-state index is 12.7. The van der Waals surface area contributed by atoms with E-state index in [1.165, 1.54) is 6.20 Å². The first-order valence-electron chi connectivity index (χ1n) is 7.23. The van der Waals surface area contributed by atoms with Crippen molar-refractivity contribution in [3.63, 3.8) is 0 Å². The number of hydrogen-bond donors (Lipinski definition) is 1. The molecule has 0 bridgehead atoms. The van der Waals surface area contributed by atoms with Gasteiger partial charge in [0, 0.05) is 32.9 Å². The molecule has 1 unspecified atom stereocenters. The Hall–Kier alpha value is -1.33. The van der Waals surface area contributed by atoms with Crippen LogP contribution in [0.25, 0.3) is 0 Å². The van der Waals surface area contributed by atoms with Crippen LogP contribution < -0.4 is 5.32 Å². The number of ether oxygens (including phenoxy) is 1. The van der Waals surface area contributed by atoms with Gasteiger partial charge in [0.05, 0.1) is 16.2 Å². The normalized spacial score (nSPS) is 22.2. The van der Waals surface area contributed by atoms with Crippen LogP contribution in [-0.2, 0) is 4.74 Å². The molecule has 2 rings (SSSR count). The molecule has 0 saturated carbocycles. The summed E-state index contributed by atoms with van der Waals surface area (Å²) in [6.45, 7) is 6.06. The van der Waals surface area contributed by atoms with E-state index in [0.29, 0.717) is 22.9 Å². The molecule has 1 N–H and O–H groups in total. The summed E-state index contributed by atoms with van der Waals surface area (Å²) in [6.07, 6.45) is 3.41. The van der Waals surface area contributed by atoms with Crippen molar-refractivity contribution in [2.45, 2.75) is 32.3 Å². The minimum absolute atomic E-state index is 0.0653. The molecular weight excluding hydrogens is 290 g/mol. The Morgan fingerprint density at radius 2 is 2.38 bits per heavy atom. The van der Waals surface area contributed by atoms with E-state index in [1.807, 2.05) is 18.7 Å². The predicted octanol–water partition coefficient (Wildman–Crippen LogP) is 2.81. The van der Waals surface area contributed by atoms with Gasteiger partial charge >= 0.3 is 0 Å². The van der Waals surface area contributed by atoms with Crippen molar-refractivity contribution in [2.75, 3.05) is 32.1 Å². The van der Waals surface area contributed by atoms with Crippen LogP contribution in [0.1, 0.15) is 37.0 Å². The third-order valence-electron chi connectivity index (χ3n) is 3.88. The summed E-state index contributed by atoms with van der Waals surface area (Å²) in [6, 6.07) is 1.72. The van der Waals surface area contributed by atoms with Crippen LogP contribution in [0.15, 0.2) is 12.3 Å². The zero-order valence-electron chi connectivity index (χ0n) is 12.8. The minimum atomic E-state index is -0.280. The third-order valence-corrected chi connectivity index (χ3v) is 4.18.